The Balaban J connectivity index is 2.34. The van der Waals surface area contributed by atoms with Gasteiger partial charge in [-0.3, -0.25) is 4.79 Å². The summed E-state index contributed by atoms with van der Waals surface area (Å²) in [5.41, 5.74) is 6.78. The summed E-state index contributed by atoms with van der Waals surface area (Å²) in [5, 5.41) is 1.10. The summed E-state index contributed by atoms with van der Waals surface area (Å²) in [7, 11) is 5.24. The molecule has 1 saturated heterocycles. The second kappa shape index (κ2) is 6.24. The molecule has 0 saturated carbocycles. The predicted octanol–water partition coefficient (Wildman–Crippen LogP) is 1.98. The van der Waals surface area contributed by atoms with Gasteiger partial charge in [-0.2, -0.15) is 0 Å². The first-order valence-electron chi connectivity index (χ1n) is 6.45. The molecule has 1 aliphatic heterocycles. The number of methoxy groups -OCH3 is 1. The fraction of sp³-hybridized carbons (Fsp3) is 0.615. The average molecular weight is 315 g/mol. The number of ether oxygens (including phenoxy) is 1. The molecule has 112 valence electrons. The van der Waals surface area contributed by atoms with Crippen molar-refractivity contribution in [3.05, 3.63) is 4.88 Å². The number of rotatable bonds is 4. The molecule has 0 aromatic carbocycles. The van der Waals surface area contributed by atoms with Crippen molar-refractivity contribution in [3.63, 3.8) is 0 Å². The van der Waals surface area contributed by atoms with Crippen molar-refractivity contribution in [2.75, 3.05) is 51.2 Å². The van der Waals surface area contributed by atoms with E-state index >= 15 is 0 Å². The summed E-state index contributed by atoms with van der Waals surface area (Å²) in [6.07, 6.45) is 3.27. The molecular formula is C13H21N3O2S2. The van der Waals surface area contributed by atoms with Crippen LogP contribution < -0.4 is 10.6 Å². The van der Waals surface area contributed by atoms with Gasteiger partial charge in [0.1, 0.15) is 9.88 Å². The largest absolute Gasteiger partial charge is 0.396 e. The molecule has 2 rings (SSSR count). The number of thioether (sulfide) groups is 1. The van der Waals surface area contributed by atoms with Gasteiger partial charge in [-0.05, 0) is 12.7 Å². The van der Waals surface area contributed by atoms with Crippen molar-refractivity contribution >= 4 is 39.7 Å². The Kier molecular flexibility index (Phi) is 4.82. The van der Waals surface area contributed by atoms with Crippen LogP contribution in [-0.2, 0) is 4.74 Å². The molecule has 0 bridgehead atoms. The highest BCUT2D eigenvalue weighted by Gasteiger charge is 2.29. The Morgan fingerprint density at radius 1 is 1.55 bits per heavy atom. The maximum absolute atomic E-state index is 12.2. The third kappa shape index (κ3) is 2.75. The van der Waals surface area contributed by atoms with E-state index in [0.29, 0.717) is 10.6 Å². The highest BCUT2D eigenvalue weighted by atomic mass is 32.2. The van der Waals surface area contributed by atoms with Crippen LogP contribution in [0.2, 0.25) is 0 Å². The molecule has 2 heterocycles. The number of carbonyl (C=O) groups excluding carboxylic acids is 1. The monoisotopic (exact) mass is 315 g/mol. The number of thiophene rings is 1. The van der Waals surface area contributed by atoms with Gasteiger partial charge < -0.3 is 20.3 Å². The van der Waals surface area contributed by atoms with Gasteiger partial charge in [0.15, 0.2) is 0 Å². The lowest BCUT2D eigenvalue weighted by Gasteiger charge is -2.17. The van der Waals surface area contributed by atoms with Gasteiger partial charge in [-0.1, -0.05) is 0 Å². The van der Waals surface area contributed by atoms with Crippen LogP contribution in [0.5, 0.6) is 0 Å². The summed E-state index contributed by atoms with van der Waals surface area (Å²) >= 11 is 3.09. The number of nitrogens with zero attached hydrogens (tertiary/aromatic N) is 2. The number of hydrogen-bond donors (Lipinski definition) is 1. The first-order valence-corrected chi connectivity index (χ1v) is 8.49. The van der Waals surface area contributed by atoms with Gasteiger partial charge in [-0.25, -0.2) is 0 Å². The molecule has 2 N–H and O–H groups in total. The lowest BCUT2D eigenvalue weighted by Crippen LogP contribution is -2.22. The van der Waals surface area contributed by atoms with Crippen molar-refractivity contribution in [1.29, 1.82) is 0 Å². The number of nitrogens with two attached hydrogens (primary N) is 1. The molecular weight excluding hydrogens is 294 g/mol. The van der Waals surface area contributed by atoms with Crippen LogP contribution in [-0.4, -0.2) is 57.5 Å². The van der Waals surface area contributed by atoms with Crippen LogP contribution in [0, 0.1) is 0 Å². The van der Waals surface area contributed by atoms with E-state index in [-0.39, 0.29) is 12.0 Å². The quantitative estimate of drug-likeness (QED) is 0.861. The Morgan fingerprint density at radius 2 is 2.25 bits per heavy atom. The van der Waals surface area contributed by atoms with Crippen molar-refractivity contribution in [2.45, 2.75) is 17.4 Å². The van der Waals surface area contributed by atoms with E-state index in [1.54, 1.807) is 37.9 Å². The van der Waals surface area contributed by atoms with E-state index in [1.807, 2.05) is 6.26 Å². The fourth-order valence-corrected chi connectivity index (χ4v) is 4.53. The zero-order chi connectivity index (χ0) is 14.9. The lowest BCUT2D eigenvalue weighted by atomic mass is 10.3. The van der Waals surface area contributed by atoms with E-state index in [0.717, 1.165) is 29.4 Å². The molecule has 0 aliphatic carbocycles. The third-order valence-electron chi connectivity index (χ3n) is 3.45. The summed E-state index contributed by atoms with van der Waals surface area (Å²) in [4.78, 5) is 17.7. The highest BCUT2D eigenvalue weighted by molar-refractivity contribution is 7.99. The maximum atomic E-state index is 12.2. The standard InChI is InChI=1S/C13H21N3O2S2/c1-15(2)12(17)10-9(14)11(19-4)13(20-10)16-6-5-8(7-16)18-3/h8H,5-7,14H2,1-4H3. The van der Waals surface area contributed by atoms with E-state index in [1.165, 1.54) is 11.3 Å². The highest BCUT2D eigenvalue weighted by Crippen LogP contribution is 2.45. The van der Waals surface area contributed by atoms with Crippen molar-refractivity contribution in [1.82, 2.24) is 4.90 Å². The number of anilines is 2. The minimum absolute atomic E-state index is 0.0310. The SMILES string of the molecule is COC1CCN(c2sc(C(=O)N(C)C)c(N)c2SC)C1. The third-order valence-corrected chi connectivity index (χ3v) is 5.66. The summed E-state index contributed by atoms with van der Waals surface area (Å²) in [6.45, 7) is 1.81. The van der Waals surface area contributed by atoms with Crippen LogP contribution in [0.25, 0.3) is 0 Å². The minimum Gasteiger partial charge on any atom is -0.396 e. The van der Waals surface area contributed by atoms with Crippen molar-refractivity contribution in [2.24, 2.45) is 0 Å². The van der Waals surface area contributed by atoms with Gasteiger partial charge in [0.25, 0.3) is 5.91 Å². The molecule has 1 aliphatic rings. The molecule has 1 amide bonds. The van der Waals surface area contributed by atoms with Crippen LogP contribution in [0.3, 0.4) is 0 Å². The van der Waals surface area contributed by atoms with Crippen LogP contribution in [0.15, 0.2) is 4.90 Å². The molecule has 20 heavy (non-hydrogen) atoms. The Labute approximate surface area is 128 Å². The van der Waals surface area contributed by atoms with Crippen LogP contribution >= 0.6 is 23.1 Å². The first-order chi connectivity index (χ1) is 9.49. The van der Waals surface area contributed by atoms with Crippen LogP contribution in [0.4, 0.5) is 10.7 Å². The van der Waals surface area contributed by atoms with Crippen molar-refractivity contribution in [3.8, 4) is 0 Å². The molecule has 5 nitrogen and oxygen atoms in total. The molecule has 7 heteroatoms. The number of amides is 1. The van der Waals surface area contributed by atoms with Crippen LogP contribution in [0.1, 0.15) is 16.1 Å². The smallest absolute Gasteiger partial charge is 0.265 e. The molecule has 0 spiro atoms. The first kappa shape index (κ1) is 15.5. The van der Waals surface area contributed by atoms with E-state index in [4.69, 9.17) is 10.5 Å². The average Bonchev–Trinajstić information content (AvgIpc) is 3.01. The molecule has 1 aromatic rings. The zero-order valence-electron chi connectivity index (χ0n) is 12.3. The van der Waals surface area contributed by atoms with Gasteiger partial charge >= 0.3 is 0 Å². The van der Waals surface area contributed by atoms with E-state index < -0.39 is 0 Å². The second-order valence-corrected chi connectivity index (χ2v) is 6.79. The Morgan fingerprint density at radius 3 is 2.75 bits per heavy atom. The van der Waals surface area contributed by atoms with Crippen molar-refractivity contribution < 1.29 is 9.53 Å². The zero-order valence-corrected chi connectivity index (χ0v) is 13.9. The van der Waals surface area contributed by atoms with E-state index in [9.17, 15) is 4.79 Å². The fourth-order valence-electron chi connectivity index (χ4n) is 2.29. The topological polar surface area (TPSA) is 58.8 Å². The summed E-state index contributed by atoms with van der Waals surface area (Å²) < 4.78 is 5.41. The maximum Gasteiger partial charge on any atom is 0.265 e. The molecule has 1 unspecified atom stereocenters. The van der Waals surface area contributed by atoms with E-state index in [2.05, 4.69) is 4.90 Å². The van der Waals surface area contributed by atoms with Gasteiger partial charge in [-0.15, -0.1) is 23.1 Å². The molecule has 1 fully saturated rings. The minimum atomic E-state index is -0.0310. The molecule has 0 radical (unpaired) electrons. The summed E-state index contributed by atoms with van der Waals surface area (Å²) in [5.74, 6) is -0.0310. The lowest BCUT2D eigenvalue weighted by molar-refractivity contribution is 0.0833. The normalized spacial score (nSPS) is 18.6. The number of hydrogen-bond acceptors (Lipinski definition) is 6. The molecule has 1 aromatic heterocycles. The van der Waals surface area contributed by atoms with Gasteiger partial charge in [0.2, 0.25) is 0 Å². The van der Waals surface area contributed by atoms with Gasteiger partial charge in [0.05, 0.1) is 16.7 Å². The predicted molar refractivity (Wildman–Crippen MR) is 86.2 cm³/mol. The number of nitrogen functional groups attached to an aromatic ring is 1. The Bertz CT molecular complexity index is 502. The Hall–Kier alpha value is -0.920. The molecule has 1 atom stereocenters. The number of carbonyl (C=O) groups is 1. The van der Waals surface area contributed by atoms with Gasteiger partial charge in [0, 0.05) is 34.3 Å². The second-order valence-electron chi connectivity index (χ2n) is 4.98. The summed E-state index contributed by atoms with van der Waals surface area (Å²) in [6, 6.07) is 0.